The minimum atomic E-state index is -0.782. The Kier molecular flexibility index (Phi) is 7.42. The van der Waals surface area contributed by atoms with E-state index in [1.807, 2.05) is 24.3 Å². The van der Waals surface area contributed by atoms with Gasteiger partial charge in [-0.1, -0.05) is 42.5 Å². The molecule has 0 saturated carbocycles. The molecular weight excluding hydrogens is 582 g/mol. The molecule has 10 heteroatoms. The van der Waals surface area contributed by atoms with Crippen molar-refractivity contribution in [1.82, 2.24) is 5.43 Å². The lowest BCUT2D eigenvalue weighted by molar-refractivity contribution is -0.384. The summed E-state index contributed by atoms with van der Waals surface area (Å²) >= 11 is 7.02. The highest BCUT2D eigenvalue weighted by Crippen LogP contribution is 2.35. The number of halogens is 2. The summed E-state index contributed by atoms with van der Waals surface area (Å²) in [6.45, 7) is 0.370. The molecule has 0 radical (unpaired) electrons. The minimum absolute atomic E-state index is 0.254. The number of phenolic OH excluding ortho intramolecular Hbond substituents is 1. The number of nitro benzene ring substituents is 1. The molecule has 0 aliphatic rings. The third-order valence-corrected chi connectivity index (χ3v) is 6.27. The normalized spacial score (nSPS) is 11.0. The predicted molar refractivity (Wildman–Crippen MR) is 140 cm³/mol. The Morgan fingerprint density at radius 3 is 2.51 bits per heavy atom. The van der Waals surface area contributed by atoms with Crippen molar-refractivity contribution in [2.45, 2.75) is 6.61 Å². The quantitative estimate of drug-likeness (QED) is 0.147. The average Bonchev–Trinajstić information content (AvgIpc) is 2.83. The molecule has 4 rings (SSSR count). The lowest BCUT2D eigenvalue weighted by atomic mass is 10.1. The number of amides is 1. The van der Waals surface area contributed by atoms with Crippen molar-refractivity contribution in [3.63, 3.8) is 0 Å². The van der Waals surface area contributed by atoms with Gasteiger partial charge in [0, 0.05) is 12.1 Å². The molecule has 8 nitrogen and oxygen atoms in total. The van der Waals surface area contributed by atoms with Crippen LogP contribution in [0, 0.1) is 10.1 Å². The van der Waals surface area contributed by atoms with Crippen LogP contribution in [-0.2, 0) is 6.61 Å². The fourth-order valence-electron chi connectivity index (χ4n) is 3.41. The van der Waals surface area contributed by atoms with Gasteiger partial charge in [-0.2, -0.15) is 5.10 Å². The number of phenols is 1. The van der Waals surface area contributed by atoms with Gasteiger partial charge in [-0.05, 0) is 72.0 Å². The summed E-state index contributed by atoms with van der Waals surface area (Å²) in [6.07, 6.45) is 1.40. The van der Waals surface area contributed by atoms with Crippen LogP contribution in [0.25, 0.3) is 10.8 Å². The lowest BCUT2D eigenvalue weighted by Crippen LogP contribution is -2.18. The highest BCUT2D eigenvalue weighted by Gasteiger charge is 2.16. The maximum atomic E-state index is 12.3. The monoisotopic (exact) mass is 597 g/mol. The molecule has 0 unspecified atom stereocenters. The molecule has 0 aliphatic heterocycles. The van der Waals surface area contributed by atoms with Crippen LogP contribution in [0.2, 0.25) is 0 Å². The van der Waals surface area contributed by atoms with Crippen molar-refractivity contribution in [2.75, 3.05) is 0 Å². The third kappa shape index (κ3) is 5.67. The lowest BCUT2D eigenvalue weighted by Gasteiger charge is -2.13. The van der Waals surface area contributed by atoms with Crippen molar-refractivity contribution in [3.8, 4) is 11.5 Å². The van der Waals surface area contributed by atoms with E-state index in [0.29, 0.717) is 26.9 Å². The zero-order valence-electron chi connectivity index (χ0n) is 17.9. The number of hydrazone groups is 1. The predicted octanol–water partition coefficient (Wildman–Crippen LogP) is 6.32. The molecule has 1 amide bonds. The largest absolute Gasteiger partial charge is 0.507 e. The molecule has 176 valence electrons. The van der Waals surface area contributed by atoms with Gasteiger partial charge < -0.3 is 9.84 Å². The molecule has 0 bridgehead atoms. The zero-order chi connectivity index (χ0) is 24.9. The van der Waals surface area contributed by atoms with Gasteiger partial charge in [0.1, 0.15) is 18.1 Å². The van der Waals surface area contributed by atoms with Gasteiger partial charge in [0.15, 0.2) is 0 Å². The number of non-ortho nitro benzene ring substituents is 1. The number of carbonyl (C=O) groups is 1. The average molecular weight is 599 g/mol. The van der Waals surface area contributed by atoms with Gasteiger partial charge in [-0.25, -0.2) is 5.43 Å². The highest BCUT2D eigenvalue weighted by atomic mass is 79.9. The highest BCUT2D eigenvalue weighted by molar-refractivity contribution is 9.11. The molecule has 4 aromatic rings. The Morgan fingerprint density at radius 1 is 1.06 bits per heavy atom. The van der Waals surface area contributed by atoms with E-state index >= 15 is 0 Å². The van der Waals surface area contributed by atoms with E-state index in [4.69, 9.17) is 4.74 Å². The van der Waals surface area contributed by atoms with Crippen LogP contribution in [0.4, 0.5) is 5.69 Å². The molecule has 0 aromatic heterocycles. The summed E-state index contributed by atoms with van der Waals surface area (Å²) in [5.74, 6) is -0.558. The van der Waals surface area contributed by atoms with E-state index in [1.165, 1.54) is 6.21 Å². The Labute approximate surface area is 216 Å². The zero-order valence-corrected chi connectivity index (χ0v) is 21.1. The summed E-state index contributed by atoms with van der Waals surface area (Å²) in [7, 11) is 0. The van der Waals surface area contributed by atoms with E-state index in [0.717, 1.165) is 34.5 Å². The summed E-state index contributed by atoms with van der Waals surface area (Å²) in [5, 5.41) is 26.9. The first kappa shape index (κ1) is 24.4. The van der Waals surface area contributed by atoms with Crippen LogP contribution in [0.15, 0.2) is 86.8 Å². The van der Waals surface area contributed by atoms with Crippen molar-refractivity contribution >= 4 is 60.4 Å². The second-order valence-corrected chi connectivity index (χ2v) is 9.11. The number of nitrogens with one attached hydrogen (secondary N) is 1. The van der Waals surface area contributed by atoms with Crippen LogP contribution in [0.5, 0.6) is 11.5 Å². The number of nitrogens with zero attached hydrogens (tertiary/aromatic N) is 2. The molecule has 0 aliphatic carbocycles. The second-order valence-electron chi connectivity index (χ2n) is 7.40. The van der Waals surface area contributed by atoms with Crippen LogP contribution >= 0.6 is 31.9 Å². The molecule has 35 heavy (non-hydrogen) atoms. The van der Waals surface area contributed by atoms with Gasteiger partial charge in [-0.15, -0.1) is 0 Å². The first-order valence-corrected chi connectivity index (χ1v) is 11.8. The van der Waals surface area contributed by atoms with Gasteiger partial charge in [0.25, 0.3) is 11.6 Å². The first-order chi connectivity index (χ1) is 16.8. The molecule has 2 N–H and O–H groups in total. The molecule has 0 heterocycles. The molecular formula is C25H17Br2N3O5. The molecule has 0 fully saturated rings. The molecule has 4 aromatic carbocycles. The summed E-state index contributed by atoms with van der Waals surface area (Å²) < 4.78 is 7.42. The number of rotatable bonds is 7. The van der Waals surface area contributed by atoms with E-state index in [2.05, 4.69) is 60.6 Å². The number of hydrogen-bond donors (Lipinski definition) is 2. The molecule has 0 atom stereocenters. The fourth-order valence-corrected chi connectivity index (χ4v) is 4.86. The van der Waals surface area contributed by atoms with Crippen LogP contribution in [0.3, 0.4) is 0 Å². The molecule has 0 saturated heterocycles. The summed E-state index contributed by atoms with van der Waals surface area (Å²) in [6, 6.07) is 20.9. The number of nitro groups is 1. The van der Waals surface area contributed by atoms with E-state index in [9.17, 15) is 20.0 Å². The molecule has 0 spiro atoms. The number of benzene rings is 4. The first-order valence-electron chi connectivity index (χ1n) is 10.2. The smallest absolute Gasteiger partial charge is 0.275 e. The van der Waals surface area contributed by atoms with E-state index < -0.39 is 10.8 Å². The summed E-state index contributed by atoms with van der Waals surface area (Å²) in [5.41, 5.74) is 3.39. The van der Waals surface area contributed by atoms with Crippen molar-refractivity contribution < 1.29 is 19.6 Å². The van der Waals surface area contributed by atoms with Crippen molar-refractivity contribution in [3.05, 3.63) is 109 Å². The second kappa shape index (κ2) is 10.7. The number of carbonyl (C=O) groups excluding carboxylic acids is 1. The third-order valence-electron chi connectivity index (χ3n) is 5.09. The minimum Gasteiger partial charge on any atom is -0.507 e. The van der Waals surface area contributed by atoms with Crippen molar-refractivity contribution in [1.29, 1.82) is 0 Å². The summed E-state index contributed by atoms with van der Waals surface area (Å²) in [4.78, 5) is 22.5. The van der Waals surface area contributed by atoms with Crippen molar-refractivity contribution in [2.24, 2.45) is 5.10 Å². The standard InChI is InChI=1S/C25H17Br2N3O5/c26-21-10-15(13-28-29-25(32)20-12-18(30(33)34)8-9-23(20)31)11-22(27)24(21)35-14-17-6-3-5-16-4-1-2-7-19(16)17/h1-13,31H,14H2,(H,29,32)/b28-13-. The van der Waals surface area contributed by atoms with Crippen LogP contribution in [0.1, 0.15) is 21.5 Å². The van der Waals surface area contributed by atoms with Gasteiger partial charge in [-0.3, -0.25) is 14.9 Å². The Hall–Kier alpha value is -3.76. The van der Waals surface area contributed by atoms with Gasteiger partial charge in [0.2, 0.25) is 0 Å². The fraction of sp³-hybridized carbons (Fsp3) is 0.0400. The Bertz CT molecular complexity index is 1440. The van der Waals surface area contributed by atoms with E-state index in [1.54, 1.807) is 12.1 Å². The number of fused-ring (bicyclic) bond motifs is 1. The van der Waals surface area contributed by atoms with Gasteiger partial charge >= 0.3 is 0 Å². The Balaban J connectivity index is 1.45. The number of ether oxygens (including phenoxy) is 1. The number of aromatic hydroxyl groups is 1. The SMILES string of the molecule is O=C(N/N=C\c1cc(Br)c(OCc2cccc3ccccc23)c(Br)c1)c1cc([N+](=O)[O-])ccc1O. The Morgan fingerprint density at radius 2 is 1.77 bits per heavy atom. The van der Waals surface area contributed by atoms with Gasteiger partial charge in [0.05, 0.1) is 25.6 Å². The van der Waals surface area contributed by atoms with Crippen LogP contribution in [-0.4, -0.2) is 22.2 Å². The topological polar surface area (TPSA) is 114 Å². The number of hydrogen-bond acceptors (Lipinski definition) is 6. The maximum absolute atomic E-state index is 12.3. The van der Waals surface area contributed by atoms with Crippen LogP contribution < -0.4 is 10.2 Å². The maximum Gasteiger partial charge on any atom is 0.275 e. The van der Waals surface area contributed by atoms with E-state index in [-0.39, 0.29) is 17.0 Å².